The number of nitrogens with one attached hydrogen (secondary N) is 1. The molecular weight excluding hydrogens is 242 g/mol. The van der Waals surface area contributed by atoms with E-state index in [9.17, 15) is 4.79 Å². The highest BCUT2D eigenvalue weighted by Gasteiger charge is 2.47. The lowest BCUT2D eigenvalue weighted by atomic mass is 9.86. The fourth-order valence-electron chi connectivity index (χ4n) is 2.21. The van der Waals surface area contributed by atoms with E-state index in [0.29, 0.717) is 19.8 Å². The van der Waals surface area contributed by atoms with Gasteiger partial charge in [-0.25, -0.2) is 0 Å². The normalized spacial score (nSPS) is 16.5. The first-order chi connectivity index (χ1) is 9.20. The predicted molar refractivity (Wildman–Crippen MR) is 74.2 cm³/mol. The van der Waals surface area contributed by atoms with Crippen LogP contribution in [-0.2, 0) is 20.7 Å². The van der Waals surface area contributed by atoms with Crippen LogP contribution < -0.4 is 5.32 Å². The number of rotatable bonds is 6. The number of ether oxygens (including phenoxy) is 2. The highest BCUT2D eigenvalue weighted by Crippen LogP contribution is 2.29. The molecule has 0 spiro atoms. The first kappa shape index (κ1) is 13.9. The molecule has 1 heterocycles. The first-order valence-corrected chi connectivity index (χ1v) is 6.69. The van der Waals surface area contributed by atoms with Gasteiger partial charge in [-0.1, -0.05) is 25.5 Å². The van der Waals surface area contributed by atoms with Crippen molar-refractivity contribution < 1.29 is 14.3 Å². The molecule has 0 aliphatic carbocycles. The van der Waals surface area contributed by atoms with Gasteiger partial charge in [0.1, 0.15) is 5.41 Å². The van der Waals surface area contributed by atoms with E-state index in [4.69, 9.17) is 9.47 Å². The van der Waals surface area contributed by atoms with Crippen LogP contribution in [0.1, 0.15) is 18.9 Å². The summed E-state index contributed by atoms with van der Waals surface area (Å²) in [5.74, 6) is -0.200. The van der Waals surface area contributed by atoms with Gasteiger partial charge in [0.2, 0.25) is 0 Å². The van der Waals surface area contributed by atoms with Crippen LogP contribution in [0.3, 0.4) is 0 Å². The molecule has 4 heteroatoms. The Morgan fingerprint density at radius 3 is 2.53 bits per heavy atom. The van der Waals surface area contributed by atoms with E-state index in [2.05, 4.69) is 36.5 Å². The SMILES string of the molecule is CCCc1ccc(NCC2(C(=O)OC)COC2)cc1. The van der Waals surface area contributed by atoms with Crippen molar-refractivity contribution in [3.8, 4) is 0 Å². The van der Waals surface area contributed by atoms with Gasteiger partial charge in [0.05, 0.1) is 20.3 Å². The van der Waals surface area contributed by atoms with Gasteiger partial charge in [0.15, 0.2) is 0 Å². The third kappa shape index (κ3) is 3.07. The molecule has 0 aromatic heterocycles. The van der Waals surface area contributed by atoms with Crippen molar-refractivity contribution in [1.29, 1.82) is 0 Å². The lowest BCUT2D eigenvalue weighted by Gasteiger charge is -2.38. The number of hydrogen-bond donors (Lipinski definition) is 1. The third-order valence-corrected chi connectivity index (χ3v) is 3.50. The van der Waals surface area contributed by atoms with Crippen molar-refractivity contribution in [2.24, 2.45) is 5.41 Å². The first-order valence-electron chi connectivity index (χ1n) is 6.69. The lowest BCUT2D eigenvalue weighted by molar-refractivity contribution is -0.180. The van der Waals surface area contributed by atoms with E-state index < -0.39 is 5.41 Å². The van der Waals surface area contributed by atoms with Crippen LogP contribution in [-0.4, -0.2) is 32.8 Å². The van der Waals surface area contributed by atoms with E-state index in [1.807, 2.05) is 0 Å². The number of carbonyl (C=O) groups is 1. The summed E-state index contributed by atoms with van der Waals surface area (Å²) >= 11 is 0. The Morgan fingerprint density at radius 1 is 1.37 bits per heavy atom. The smallest absolute Gasteiger partial charge is 0.318 e. The molecule has 0 amide bonds. The molecule has 1 N–H and O–H groups in total. The van der Waals surface area contributed by atoms with Gasteiger partial charge in [-0.05, 0) is 24.1 Å². The quantitative estimate of drug-likeness (QED) is 0.800. The summed E-state index contributed by atoms with van der Waals surface area (Å²) in [4.78, 5) is 11.7. The molecule has 0 saturated carbocycles. The molecule has 4 nitrogen and oxygen atoms in total. The maximum atomic E-state index is 11.7. The van der Waals surface area contributed by atoms with Gasteiger partial charge in [-0.15, -0.1) is 0 Å². The zero-order valence-corrected chi connectivity index (χ0v) is 11.6. The summed E-state index contributed by atoms with van der Waals surface area (Å²) < 4.78 is 10.00. The van der Waals surface area contributed by atoms with Gasteiger partial charge in [-0.3, -0.25) is 4.79 Å². The molecule has 19 heavy (non-hydrogen) atoms. The number of hydrogen-bond acceptors (Lipinski definition) is 4. The molecule has 1 saturated heterocycles. The van der Waals surface area contributed by atoms with E-state index in [1.54, 1.807) is 0 Å². The second-order valence-corrected chi connectivity index (χ2v) is 5.07. The molecule has 1 aromatic carbocycles. The Bertz CT molecular complexity index is 424. The zero-order valence-electron chi connectivity index (χ0n) is 11.6. The van der Waals surface area contributed by atoms with Crippen molar-refractivity contribution in [1.82, 2.24) is 0 Å². The number of methoxy groups -OCH3 is 1. The van der Waals surface area contributed by atoms with Crippen LogP contribution in [0.15, 0.2) is 24.3 Å². The minimum Gasteiger partial charge on any atom is -0.468 e. The lowest BCUT2D eigenvalue weighted by Crippen LogP contribution is -2.54. The monoisotopic (exact) mass is 263 g/mol. The highest BCUT2D eigenvalue weighted by atomic mass is 16.5. The number of esters is 1. The van der Waals surface area contributed by atoms with E-state index in [1.165, 1.54) is 12.7 Å². The number of aryl methyl sites for hydroxylation is 1. The maximum Gasteiger partial charge on any atom is 0.318 e. The van der Waals surface area contributed by atoms with E-state index in [-0.39, 0.29) is 5.97 Å². The largest absolute Gasteiger partial charge is 0.468 e. The summed E-state index contributed by atoms with van der Waals surface area (Å²) in [6.07, 6.45) is 2.25. The van der Waals surface area contributed by atoms with Gasteiger partial charge in [-0.2, -0.15) is 0 Å². The van der Waals surface area contributed by atoms with Crippen molar-refractivity contribution >= 4 is 11.7 Å². The number of anilines is 1. The number of benzene rings is 1. The fraction of sp³-hybridized carbons (Fsp3) is 0.533. The Balaban J connectivity index is 1.92. The van der Waals surface area contributed by atoms with Crippen LogP contribution in [0.25, 0.3) is 0 Å². The molecule has 1 aliphatic heterocycles. The molecule has 0 unspecified atom stereocenters. The summed E-state index contributed by atoms with van der Waals surface area (Å²) in [7, 11) is 1.42. The molecule has 1 aliphatic rings. The standard InChI is InChI=1S/C15H21NO3/c1-3-4-12-5-7-13(8-6-12)16-9-15(10-19-11-15)14(17)18-2/h5-8,16H,3-4,9-11H2,1-2H3. The van der Waals surface area contributed by atoms with Crippen molar-refractivity contribution in [2.75, 3.05) is 32.2 Å². The Labute approximate surface area is 114 Å². The molecule has 0 atom stereocenters. The Morgan fingerprint density at radius 2 is 2.05 bits per heavy atom. The Hall–Kier alpha value is -1.55. The predicted octanol–water partition coefficient (Wildman–Crippen LogP) is 2.24. The number of carbonyl (C=O) groups excluding carboxylic acids is 1. The molecule has 104 valence electrons. The second kappa shape index (κ2) is 6.06. The summed E-state index contributed by atoms with van der Waals surface area (Å²) in [6.45, 7) is 3.58. The van der Waals surface area contributed by atoms with Crippen LogP contribution >= 0.6 is 0 Å². The van der Waals surface area contributed by atoms with Crippen molar-refractivity contribution in [3.05, 3.63) is 29.8 Å². The molecule has 1 fully saturated rings. The maximum absolute atomic E-state index is 11.7. The van der Waals surface area contributed by atoms with E-state index >= 15 is 0 Å². The van der Waals surface area contributed by atoms with Crippen molar-refractivity contribution in [2.45, 2.75) is 19.8 Å². The summed E-state index contributed by atoms with van der Waals surface area (Å²) in [5.41, 5.74) is 1.84. The third-order valence-electron chi connectivity index (χ3n) is 3.50. The molecule has 0 bridgehead atoms. The second-order valence-electron chi connectivity index (χ2n) is 5.07. The zero-order chi connectivity index (χ0) is 13.7. The van der Waals surface area contributed by atoms with Crippen LogP contribution in [0.5, 0.6) is 0 Å². The van der Waals surface area contributed by atoms with Crippen molar-refractivity contribution in [3.63, 3.8) is 0 Å². The molecule has 2 rings (SSSR count). The highest BCUT2D eigenvalue weighted by molar-refractivity contribution is 5.78. The summed E-state index contributed by atoms with van der Waals surface area (Å²) in [5, 5.41) is 3.29. The van der Waals surface area contributed by atoms with E-state index in [0.717, 1.165) is 18.5 Å². The van der Waals surface area contributed by atoms with Gasteiger partial charge in [0.25, 0.3) is 0 Å². The van der Waals surface area contributed by atoms with Gasteiger partial charge in [0, 0.05) is 12.2 Å². The topological polar surface area (TPSA) is 47.6 Å². The van der Waals surface area contributed by atoms with Crippen LogP contribution in [0.2, 0.25) is 0 Å². The molecular formula is C15H21NO3. The minimum atomic E-state index is -0.517. The minimum absolute atomic E-state index is 0.200. The molecule has 1 aromatic rings. The van der Waals surface area contributed by atoms with Gasteiger partial charge >= 0.3 is 5.97 Å². The summed E-state index contributed by atoms with van der Waals surface area (Å²) in [6, 6.07) is 8.34. The fourth-order valence-corrected chi connectivity index (χ4v) is 2.21. The van der Waals surface area contributed by atoms with Gasteiger partial charge < -0.3 is 14.8 Å². The average molecular weight is 263 g/mol. The average Bonchev–Trinajstić information content (AvgIpc) is 2.39. The van der Waals surface area contributed by atoms with Crippen LogP contribution in [0.4, 0.5) is 5.69 Å². The molecule has 0 radical (unpaired) electrons. The van der Waals surface area contributed by atoms with Crippen LogP contribution in [0, 0.1) is 5.41 Å². The Kier molecular flexibility index (Phi) is 4.43.